The zero-order valence-electron chi connectivity index (χ0n) is 19.0. The summed E-state index contributed by atoms with van der Waals surface area (Å²) in [6.07, 6.45) is 9.02. The Labute approximate surface area is 186 Å². The molecule has 2 aliphatic rings. The van der Waals surface area contributed by atoms with Crippen LogP contribution in [0.1, 0.15) is 98.3 Å². The number of ether oxygens (including phenoxy) is 1. The van der Waals surface area contributed by atoms with Gasteiger partial charge in [0, 0.05) is 11.1 Å². The Kier molecular flexibility index (Phi) is 6.33. The highest BCUT2D eigenvalue weighted by Gasteiger charge is 2.31. The molecule has 4 rings (SSSR count). The van der Waals surface area contributed by atoms with E-state index in [1.807, 2.05) is 19.1 Å². The van der Waals surface area contributed by atoms with E-state index in [9.17, 15) is 4.79 Å². The first-order chi connectivity index (χ1) is 15.0. The van der Waals surface area contributed by atoms with Crippen LogP contribution in [0.15, 0.2) is 48.0 Å². The van der Waals surface area contributed by atoms with Gasteiger partial charge in [-0.1, -0.05) is 43.7 Å². The van der Waals surface area contributed by atoms with Crippen LogP contribution in [-0.4, -0.2) is 12.6 Å². The zero-order chi connectivity index (χ0) is 21.8. The summed E-state index contributed by atoms with van der Waals surface area (Å²) in [7, 11) is 0. The van der Waals surface area contributed by atoms with Gasteiger partial charge in [0.1, 0.15) is 0 Å². The quantitative estimate of drug-likeness (QED) is 0.390. The maximum absolute atomic E-state index is 11.8. The number of carbonyl (C=O) groups is 1. The summed E-state index contributed by atoms with van der Waals surface area (Å²) in [6.45, 7) is 6.92. The van der Waals surface area contributed by atoms with E-state index < -0.39 is 0 Å². The van der Waals surface area contributed by atoms with Crippen molar-refractivity contribution in [3.8, 4) is 11.8 Å². The largest absolute Gasteiger partial charge is 0.462 e. The van der Waals surface area contributed by atoms with E-state index in [1.54, 1.807) is 23.3 Å². The number of rotatable bonds is 2. The van der Waals surface area contributed by atoms with Crippen LogP contribution in [0.25, 0.3) is 5.57 Å². The minimum absolute atomic E-state index is 0.174. The van der Waals surface area contributed by atoms with Gasteiger partial charge in [0.15, 0.2) is 0 Å². The standard InChI is InChI=1S/C29H32O2/c1-4-31-28(30)24-15-12-21(13-16-24)10-11-22-14-17-26-25(23-8-6-5-7-9-23)18-19-29(2,3)27(26)20-22/h12-17,20H,4-9,18-19H2,1-3H3. The van der Waals surface area contributed by atoms with Gasteiger partial charge in [-0.25, -0.2) is 4.79 Å². The van der Waals surface area contributed by atoms with Crippen LogP contribution in [0.2, 0.25) is 0 Å². The van der Waals surface area contributed by atoms with Crippen molar-refractivity contribution >= 4 is 11.5 Å². The molecular formula is C29H32O2. The molecule has 0 aliphatic heterocycles. The van der Waals surface area contributed by atoms with Crippen LogP contribution in [0.5, 0.6) is 0 Å². The first-order valence-corrected chi connectivity index (χ1v) is 11.6. The van der Waals surface area contributed by atoms with Crippen molar-refractivity contribution in [2.45, 2.75) is 71.1 Å². The Balaban J connectivity index is 1.62. The van der Waals surface area contributed by atoms with Gasteiger partial charge < -0.3 is 4.74 Å². The lowest BCUT2D eigenvalue weighted by Gasteiger charge is -2.36. The van der Waals surface area contributed by atoms with Crippen molar-refractivity contribution in [1.29, 1.82) is 0 Å². The zero-order valence-corrected chi connectivity index (χ0v) is 19.0. The summed E-state index contributed by atoms with van der Waals surface area (Å²) >= 11 is 0. The fraction of sp³-hybridized carbons (Fsp3) is 0.414. The average Bonchev–Trinajstić information content (AvgIpc) is 2.79. The molecule has 2 heteroatoms. The van der Waals surface area contributed by atoms with Crippen LogP contribution >= 0.6 is 0 Å². The predicted molar refractivity (Wildman–Crippen MR) is 127 cm³/mol. The van der Waals surface area contributed by atoms with E-state index in [4.69, 9.17) is 4.74 Å². The lowest BCUT2D eigenvalue weighted by molar-refractivity contribution is 0.0526. The molecule has 1 saturated carbocycles. The molecule has 0 radical (unpaired) electrons. The van der Waals surface area contributed by atoms with Crippen molar-refractivity contribution in [2.24, 2.45) is 0 Å². The van der Waals surface area contributed by atoms with Crippen LogP contribution in [0.3, 0.4) is 0 Å². The van der Waals surface area contributed by atoms with Crippen LogP contribution in [0, 0.1) is 11.8 Å². The molecular weight excluding hydrogens is 380 g/mol. The number of esters is 1. The molecule has 0 amide bonds. The van der Waals surface area contributed by atoms with Gasteiger partial charge in [-0.05, 0) is 104 Å². The molecule has 0 aromatic heterocycles. The molecule has 2 aromatic carbocycles. The Hall–Kier alpha value is -2.79. The van der Waals surface area contributed by atoms with Crippen molar-refractivity contribution < 1.29 is 9.53 Å². The number of carbonyl (C=O) groups excluding carboxylic acids is 1. The first kappa shape index (κ1) is 21.4. The summed E-state index contributed by atoms with van der Waals surface area (Å²) in [5, 5.41) is 0. The number of hydrogen-bond donors (Lipinski definition) is 0. The van der Waals surface area contributed by atoms with Crippen LogP contribution in [0.4, 0.5) is 0 Å². The molecule has 1 fully saturated rings. The highest BCUT2D eigenvalue weighted by molar-refractivity contribution is 5.89. The third kappa shape index (κ3) is 4.77. The fourth-order valence-corrected chi connectivity index (χ4v) is 4.85. The molecule has 0 saturated heterocycles. The summed E-state index contributed by atoms with van der Waals surface area (Å²) < 4.78 is 5.04. The summed E-state index contributed by atoms with van der Waals surface area (Å²) in [6, 6.07) is 14.1. The minimum Gasteiger partial charge on any atom is -0.462 e. The lowest BCUT2D eigenvalue weighted by atomic mass is 9.69. The third-order valence-electron chi connectivity index (χ3n) is 6.70. The van der Waals surface area contributed by atoms with Crippen LogP contribution < -0.4 is 0 Å². The van der Waals surface area contributed by atoms with E-state index in [1.165, 1.54) is 56.1 Å². The molecule has 2 aliphatic carbocycles. The molecule has 2 nitrogen and oxygen atoms in total. The van der Waals surface area contributed by atoms with Gasteiger partial charge in [-0.3, -0.25) is 0 Å². The van der Waals surface area contributed by atoms with Crippen molar-refractivity contribution in [2.75, 3.05) is 6.61 Å². The summed E-state index contributed by atoms with van der Waals surface area (Å²) in [4.78, 5) is 11.8. The maximum atomic E-state index is 11.8. The Bertz CT molecular complexity index is 1050. The second-order valence-corrected chi connectivity index (χ2v) is 9.33. The van der Waals surface area contributed by atoms with E-state index >= 15 is 0 Å². The monoisotopic (exact) mass is 412 g/mol. The SMILES string of the molecule is CCOC(=O)c1ccc(C#Cc2ccc3c(c2)C(C)(C)CCC3=C2CCCCC2)cc1. The second-order valence-electron chi connectivity index (χ2n) is 9.33. The maximum Gasteiger partial charge on any atom is 0.338 e. The Morgan fingerprint density at radius 2 is 1.61 bits per heavy atom. The fourth-order valence-electron chi connectivity index (χ4n) is 4.85. The van der Waals surface area contributed by atoms with Crippen molar-refractivity contribution in [3.63, 3.8) is 0 Å². The first-order valence-electron chi connectivity index (χ1n) is 11.6. The van der Waals surface area contributed by atoms with Gasteiger partial charge in [0.05, 0.1) is 12.2 Å². The van der Waals surface area contributed by atoms with E-state index in [0.29, 0.717) is 12.2 Å². The predicted octanol–water partition coefficient (Wildman–Crippen LogP) is 7.05. The van der Waals surface area contributed by atoms with Crippen LogP contribution in [-0.2, 0) is 10.2 Å². The van der Waals surface area contributed by atoms with Gasteiger partial charge in [0.25, 0.3) is 0 Å². The molecule has 0 atom stereocenters. The van der Waals surface area contributed by atoms with Crippen molar-refractivity contribution in [1.82, 2.24) is 0 Å². The molecule has 0 spiro atoms. The Morgan fingerprint density at radius 1 is 0.935 bits per heavy atom. The molecule has 2 aromatic rings. The number of fused-ring (bicyclic) bond motifs is 1. The number of benzene rings is 2. The molecule has 31 heavy (non-hydrogen) atoms. The highest BCUT2D eigenvalue weighted by atomic mass is 16.5. The third-order valence-corrected chi connectivity index (χ3v) is 6.70. The van der Waals surface area contributed by atoms with Gasteiger partial charge >= 0.3 is 5.97 Å². The van der Waals surface area contributed by atoms with E-state index in [-0.39, 0.29) is 11.4 Å². The minimum atomic E-state index is -0.290. The van der Waals surface area contributed by atoms with E-state index in [2.05, 4.69) is 43.9 Å². The van der Waals surface area contributed by atoms with Crippen molar-refractivity contribution in [3.05, 3.63) is 75.9 Å². The van der Waals surface area contributed by atoms with Gasteiger partial charge in [0.2, 0.25) is 0 Å². The molecule has 160 valence electrons. The normalized spacial score (nSPS) is 17.4. The summed E-state index contributed by atoms with van der Waals surface area (Å²) in [5.74, 6) is 6.30. The van der Waals surface area contributed by atoms with Gasteiger partial charge in [-0.15, -0.1) is 0 Å². The smallest absolute Gasteiger partial charge is 0.338 e. The number of allylic oxidation sites excluding steroid dienone is 2. The summed E-state index contributed by atoms with van der Waals surface area (Å²) in [5.41, 5.74) is 8.89. The Morgan fingerprint density at radius 3 is 2.32 bits per heavy atom. The average molecular weight is 413 g/mol. The second kappa shape index (κ2) is 9.15. The topological polar surface area (TPSA) is 26.3 Å². The molecule has 0 heterocycles. The van der Waals surface area contributed by atoms with E-state index in [0.717, 1.165) is 11.1 Å². The molecule has 0 unspecified atom stereocenters. The molecule has 0 N–H and O–H groups in total. The number of hydrogen-bond acceptors (Lipinski definition) is 2. The molecule has 0 bridgehead atoms. The lowest BCUT2D eigenvalue weighted by Crippen LogP contribution is -2.24. The van der Waals surface area contributed by atoms with Gasteiger partial charge in [-0.2, -0.15) is 0 Å². The highest BCUT2D eigenvalue weighted by Crippen LogP contribution is 2.45.